The van der Waals surface area contributed by atoms with E-state index < -0.39 is 0 Å². The number of pyridine rings is 1. The third-order valence-electron chi connectivity index (χ3n) is 3.06. The maximum Gasteiger partial charge on any atom is 0.214 e. The van der Waals surface area contributed by atoms with Gasteiger partial charge in [-0.15, -0.1) is 0 Å². The highest BCUT2D eigenvalue weighted by atomic mass is 16.5. The third-order valence-corrected chi connectivity index (χ3v) is 3.06. The Morgan fingerprint density at radius 3 is 2.50 bits per heavy atom. The van der Waals surface area contributed by atoms with Crippen LogP contribution in [-0.4, -0.2) is 50.2 Å². The van der Waals surface area contributed by atoms with E-state index in [0.717, 1.165) is 32.0 Å². The van der Waals surface area contributed by atoms with E-state index in [-0.39, 0.29) is 0 Å². The summed E-state index contributed by atoms with van der Waals surface area (Å²) in [4.78, 5) is 9.20. The molecule has 2 rings (SSSR count). The van der Waals surface area contributed by atoms with Gasteiger partial charge in [-0.1, -0.05) is 6.07 Å². The Bertz CT molecular complexity index is 359. The van der Waals surface area contributed by atoms with Gasteiger partial charge < -0.3 is 14.5 Å². The van der Waals surface area contributed by atoms with Crippen LogP contribution >= 0.6 is 0 Å². The first-order valence-electron chi connectivity index (χ1n) is 5.66. The van der Waals surface area contributed by atoms with Gasteiger partial charge in [0.1, 0.15) is 5.82 Å². The van der Waals surface area contributed by atoms with Crippen molar-refractivity contribution < 1.29 is 4.74 Å². The van der Waals surface area contributed by atoms with Crippen LogP contribution in [0, 0.1) is 6.92 Å². The van der Waals surface area contributed by atoms with Gasteiger partial charge in [0, 0.05) is 32.2 Å². The van der Waals surface area contributed by atoms with Crippen LogP contribution in [0.5, 0.6) is 5.88 Å². The van der Waals surface area contributed by atoms with E-state index in [1.165, 1.54) is 5.56 Å². The zero-order valence-corrected chi connectivity index (χ0v) is 10.2. The molecule has 1 aliphatic heterocycles. The first-order valence-corrected chi connectivity index (χ1v) is 5.66. The quantitative estimate of drug-likeness (QED) is 0.749. The van der Waals surface area contributed by atoms with Crippen LogP contribution in [0.1, 0.15) is 5.56 Å². The summed E-state index contributed by atoms with van der Waals surface area (Å²) >= 11 is 0. The standard InChI is InChI=1S/C12H19N3O/c1-10-4-5-11(16-3)13-12(10)15-8-6-14(2)7-9-15/h4-5H,6-9H2,1-3H3. The van der Waals surface area contributed by atoms with Gasteiger partial charge in [-0.25, -0.2) is 0 Å². The lowest BCUT2D eigenvalue weighted by Gasteiger charge is -2.34. The summed E-state index contributed by atoms with van der Waals surface area (Å²) in [5.74, 6) is 1.76. The topological polar surface area (TPSA) is 28.6 Å². The molecule has 0 spiro atoms. The largest absolute Gasteiger partial charge is 0.481 e. The fourth-order valence-electron chi connectivity index (χ4n) is 1.95. The number of nitrogens with zero attached hydrogens (tertiary/aromatic N) is 3. The van der Waals surface area contributed by atoms with Crippen LogP contribution in [0.15, 0.2) is 12.1 Å². The zero-order chi connectivity index (χ0) is 11.5. The summed E-state index contributed by atoms with van der Waals surface area (Å²) in [6.07, 6.45) is 0. The Hall–Kier alpha value is -1.29. The lowest BCUT2D eigenvalue weighted by molar-refractivity contribution is 0.311. The first-order chi connectivity index (χ1) is 7.70. The molecule has 1 aliphatic rings. The molecule has 2 heterocycles. The molecule has 0 atom stereocenters. The molecule has 16 heavy (non-hydrogen) atoms. The lowest BCUT2D eigenvalue weighted by Crippen LogP contribution is -2.45. The highest BCUT2D eigenvalue weighted by Gasteiger charge is 2.17. The molecule has 1 fully saturated rings. The minimum absolute atomic E-state index is 0.694. The van der Waals surface area contributed by atoms with Crippen LogP contribution in [-0.2, 0) is 0 Å². The minimum atomic E-state index is 0.694. The van der Waals surface area contributed by atoms with E-state index >= 15 is 0 Å². The normalized spacial score (nSPS) is 17.6. The molecule has 4 heteroatoms. The summed E-state index contributed by atoms with van der Waals surface area (Å²) in [5, 5.41) is 0. The Morgan fingerprint density at radius 2 is 1.88 bits per heavy atom. The van der Waals surface area contributed by atoms with Crippen molar-refractivity contribution in [1.29, 1.82) is 0 Å². The molecule has 88 valence electrons. The third kappa shape index (κ3) is 2.27. The number of rotatable bonds is 2. The van der Waals surface area contributed by atoms with E-state index in [1.54, 1.807) is 7.11 Å². The van der Waals surface area contributed by atoms with Crippen molar-refractivity contribution in [2.75, 3.05) is 45.2 Å². The highest BCUT2D eigenvalue weighted by Crippen LogP contribution is 2.21. The molecule has 1 saturated heterocycles. The van der Waals surface area contributed by atoms with Crippen molar-refractivity contribution in [2.45, 2.75) is 6.92 Å². The van der Waals surface area contributed by atoms with Crippen molar-refractivity contribution >= 4 is 5.82 Å². The molecule has 0 bridgehead atoms. The van der Waals surface area contributed by atoms with E-state index in [2.05, 4.69) is 34.8 Å². The molecular weight excluding hydrogens is 202 g/mol. The average Bonchev–Trinajstić information content (AvgIpc) is 2.31. The molecular formula is C12H19N3O. The van der Waals surface area contributed by atoms with Gasteiger partial charge in [-0.2, -0.15) is 4.98 Å². The van der Waals surface area contributed by atoms with E-state index in [4.69, 9.17) is 4.74 Å². The molecule has 0 saturated carbocycles. The van der Waals surface area contributed by atoms with Crippen LogP contribution in [0.3, 0.4) is 0 Å². The van der Waals surface area contributed by atoms with E-state index in [9.17, 15) is 0 Å². The molecule has 0 aliphatic carbocycles. The zero-order valence-electron chi connectivity index (χ0n) is 10.2. The van der Waals surface area contributed by atoms with Gasteiger partial charge in [0.15, 0.2) is 0 Å². The van der Waals surface area contributed by atoms with Gasteiger partial charge in [0.05, 0.1) is 7.11 Å². The van der Waals surface area contributed by atoms with Crippen molar-refractivity contribution in [2.24, 2.45) is 0 Å². The van der Waals surface area contributed by atoms with Crippen LogP contribution < -0.4 is 9.64 Å². The summed E-state index contributed by atoms with van der Waals surface area (Å²) < 4.78 is 5.17. The van der Waals surface area contributed by atoms with Gasteiger partial charge in [-0.05, 0) is 19.5 Å². The first kappa shape index (κ1) is 11.2. The maximum atomic E-state index is 5.17. The molecule has 0 N–H and O–H groups in total. The Morgan fingerprint density at radius 1 is 1.19 bits per heavy atom. The van der Waals surface area contributed by atoms with Gasteiger partial charge in [0.25, 0.3) is 0 Å². The SMILES string of the molecule is COc1ccc(C)c(N2CCN(C)CC2)n1. The number of anilines is 1. The van der Waals surface area contributed by atoms with Crippen LogP contribution in [0.2, 0.25) is 0 Å². The number of likely N-dealkylation sites (N-methyl/N-ethyl adjacent to an activating group) is 1. The molecule has 4 nitrogen and oxygen atoms in total. The Labute approximate surface area is 96.8 Å². The summed E-state index contributed by atoms with van der Waals surface area (Å²) in [6.45, 7) is 6.37. The fraction of sp³-hybridized carbons (Fsp3) is 0.583. The second-order valence-corrected chi connectivity index (χ2v) is 4.28. The number of methoxy groups -OCH3 is 1. The molecule has 0 aromatic carbocycles. The van der Waals surface area contributed by atoms with E-state index in [1.807, 2.05) is 6.07 Å². The average molecular weight is 221 g/mol. The lowest BCUT2D eigenvalue weighted by atomic mass is 10.2. The molecule has 0 unspecified atom stereocenters. The Kier molecular flexibility index (Phi) is 3.29. The Balaban J connectivity index is 2.19. The number of aromatic nitrogens is 1. The molecule has 0 radical (unpaired) electrons. The number of piperazine rings is 1. The number of aryl methyl sites for hydroxylation is 1. The minimum Gasteiger partial charge on any atom is -0.481 e. The summed E-state index contributed by atoms with van der Waals surface area (Å²) in [7, 11) is 3.81. The predicted octanol–water partition coefficient (Wildman–Crippen LogP) is 1.15. The number of hydrogen-bond acceptors (Lipinski definition) is 4. The number of hydrogen-bond donors (Lipinski definition) is 0. The van der Waals surface area contributed by atoms with Gasteiger partial charge in [-0.3, -0.25) is 0 Å². The summed E-state index contributed by atoms with van der Waals surface area (Å²) in [6, 6.07) is 3.98. The smallest absolute Gasteiger partial charge is 0.214 e. The fourth-order valence-corrected chi connectivity index (χ4v) is 1.95. The second-order valence-electron chi connectivity index (χ2n) is 4.28. The maximum absolute atomic E-state index is 5.17. The van der Waals surface area contributed by atoms with Crippen molar-refractivity contribution in [3.05, 3.63) is 17.7 Å². The highest BCUT2D eigenvalue weighted by molar-refractivity contribution is 5.48. The predicted molar refractivity (Wildman–Crippen MR) is 65.2 cm³/mol. The summed E-state index contributed by atoms with van der Waals surface area (Å²) in [5.41, 5.74) is 1.21. The van der Waals surface area contributed by atoms with Crippen LogP contribution in [0.25, 0.3) is 0 Å². The second kappa shape index (κ2) is 4.70. The van der Waals surface area contributed by atoms with Crippen molar-refractivity contribution in [1.82, 2.24) is 9.88 Å². The molecule has 0 amide bonds. The van der Waals surface area contributed by atoms with Crippen LogP contribution in [0.4, 0.5) is 5.82 Å². The van der Waals surface area contributed by atoms with E-state index in [0.29, 0.717) is 5.88 Å². The van der Waals surface area contributed by atoms with Gasteiger partial charge in [0.2, 0.25) is 5.88 Å². The molecule has 1 aromatic heterocycles. The number of ether oxygens (including phenoxy) is 1. The molecule has 1 aromatic rings. The monoisotopic (exact) mass is 221 g/mol. The van der Waals surface area contributed by atoms with Crippen molar-refractivity contribution in [3.8, 4) is 5.88 Å². The van der Waals surface area contributed by atoms with Gasteiger partial charge >= 0.3 is 0 Å². The van der Waals surface area contributed by atoms with Crippen molar-refractivity contribution in [3.63, 3.8) is 0 Å².